The molecule has 0 saturated carbocycles. The van der Waals surface area contributed by atoms with Gasteiger partial charge in [0.05, 0.1) is 23.9 Å². The summed E-state index contributed by atoms with van der Waals surface area (Å²) in [6, 6.07) is 3.90. The monoisotopic (exact) mass is 255 g/mol. The number of pyridine rings is 1. The lowest BCUT2D eigenvalue weighted by Gasteiger charge is -2.28. The molecule has 0 aromatic carbocycles. The molecule has 0 bridgehead atoms. The van der Waals surface area contributed by atoms with Crippen molar-refractivity contribution in [2.45, 2.75) is 13.5 Å². The molecule has 1 fully saturated rings. The molecule has 4 nitrogen and oxygen atoms in total. The maximum absolute atomic E-state index is 6.13. The smallest absolute Gasteiger partial charge is 0.129 e. The molecule has 0 amide bonds. The van der Waals surface area contributed by atoms with Crippen molar-refractivity contribution in [3.63, 3.8) is 0 Å². The molecule has 2 rings (SSSR count). The molecule has 2 heterocycles. The molecule has 0 radical (unpaired) electrons. The van der Waals surface area contributed by atoms with Crippen LogP contribution in [0.2, 0.25) is 5.02 Å². The van der Waals surface area contributed by atoms with Crippen LogP contribution in [0, 0.1) is 0 Å². The van der Waals surface area contributed by atoms with Gasteiger partial charge >= 0.3 is 0 Å². The van der Waals surface area contributed by atoms with Crippen molar-refractivity contribution in [2.75, 3.05) is 37.7 Å². The third-order valence-corrected chi connectivity index (χ3v) is 3.13. The van der Waals surface area contributed by atoms with Crippen LogP contribution < -0.4 is 10.2 Å². The number of halogens is 1. The third kappa shape index (κ3) is 3.31. The number of hydrogen-bond acceptors (Lipinski definition) is 4. The number of anilines is 1. The Morgan fingerprint density at radius 3 is 2.88 bits per heavy atom. The lowest BCUT2D eigenvalue weighted by Crippen LogP contribution is -2.36. The molecule has 1 saturated heterocycles. The average Bonchev–Trinajstić information content (AvgIpc) is 2.39. The van der Waals surface area contributed by atoms with Gasteiger partial charge in [-0.15, -0.1) is 0 Å². The molecule has 0 aliphatic carbocycles. The van der Waals surface area contributed by atoms with Crippen molar-refractivity contribution >= 4 is 17.4 Å². The lowest BCUT2D eigenvalue weighted by molar-refractivity contribution is 0.122. The van der Waals surface area contributed by atoms with Gasteiger partial charge in [0.2, 0.25) is 0 Å². The minimum absolute atomic E-state index is 0.716. The average molecular weight is 256 g/mol. The second kappa shape index (κ2) is 6.19. The fourth-order valence-electron chi connectivity index (χ4n) is 1.81. The molecular weight excluding hydrogens is 238 g/mol. The van der Waals surface area contributed by atoms with E-state index in [2.05, 4.69) is 22.1 Å². The van der Waals surface area contributed by atoms with E-state index < -0.39 is 0 Å². The molecule has 0 atom stereocenters. The van der Waals surface area contributed by atoms with E-state index in [1.165, 1.54) is 0 Å². The number of morpholine rings is 1. The van der Waals surface area contributed by atoms with Crippen molar-refractivity contribution in [3.05, 3.63) is 22.8 Å². The first-order valence-electron chi connectivity index (χ1n) is 6.00. The number of ether oxygens (including phenoxy) is 1. The first-order chi connectivity index (χ1) is 8.31. The maximum atomic E-state index is 6.13. The fraction of sp³-hybridized carbons (Fsp3) is 0.583. The summed E-state index contributed by atoms with van der Waals surface area (Å²) in [4.78, 5) is 6.84. The molecule has 1 aliphatic heterocycles. The summed E-state index contributed by atoms with van der Waals surface area (Å²) in [7, 11) is 0. The summed E-state index contributed by atoms with van der Waals surface area (Å²) in [6.45, 7) is 7.04. The fourth-order valence-corrected chi connectivity index (χ4v) is 1.98. The zero-order chi connectivity index (χ0) is 12.1. The van der Waals surface area contributed by atoms with Gasteiger partial charge in [0.15, 0.2) is 0 Å². The van der Waals surface area contributed by atoms with Crippen LogP contribution in [0.1, 0.15) is 12.6 Å². The van der Waals surface area contributed by atoms with Gasteiger partial charge in [0.1, 0.15) is 5.82 Å². The van der Waals surface area contributed by atoms with E-state index in [1.54, 1.807) is 0 Å². The summed E-state index contributed by atoms with van der Waals surface area (Å²) in [6.07, 6.45) is 0. The molecule has 17 heavy (non-hydrogen) atoms. The van der Waals surface area contributed by atoms with Crippen LogP contribution in [-0.2, 0) is 11.3 Å². The van der Waals surface area contributed by atoms with Crippen LogP contribution in [0.3, 0.4) is 0 Å². The highest BCUT2D eigenvalue weighted by Crippen LogP contribution is 2.20. The van der Waals surface area contributed by atoms with Crippen molar-refractivity contribution in [1.82, 2.24) is 10.3 Å². The summed E-state index contributed by atoms with van der Waals surface area (Å²) in [5.41, 5.74) is 0.914. The second-order valence-corrected chi connectivity index (χ2v) is 4.38. The van der Waals surface area contributed by atoms with E-state index in [0.29, 0.717) is 6.54 Å². The first-order valence-corrected chi connectivity index (χ1v) is 6.38. The Hall–Kier alpha value is -0.840. The van der Waals surface area contributed by atoms with Gasteiger partial charge < -0.3 is 15.0 Å². The molecule has 0 unspecified atom stereocenters. The molecule has 0 spiro atoms. The molecule has 1 N–H and O–H groups in total. The Bertz CT molecular complexity index is 367. The zero-order valence-corrected chi connectivity index (χ0v) is 10.8. The Morgan fingerprint density at radius 1 is 1.41 bits per heavy atom. The number of hydrogen-bond donors (Lipinski definition) is 1. The predicted octanol–water partition coefficient (Wildman–Crippen LogP) is 1.68. The Kier molecular flexibility index (Phi) is 4.59. The van der Waals surface area contributed by atoms with Gasteiger partial charge in [-0.3, -0.25) is 0 Å². The second-order valence-electron chi connectivity index (χ2n) is 3.98. The standard InChI is InChI=1S/C12H18ClN3O/c1-2-14-9-11-10(13)3-4-12(15-11)16-5-7-17-8-6-16/h3-4,14H,2,5-9H2,1H3. The van der Waals surface area contributed by atoms with Crippen LogP contribution in [0.15, 0.2) is 12.1 Å². The van der Waals surface area contributed by atoms with Gasteiger partial charge in [-0.05, 0) is 18.7 Å². The van der Waals surface area contributed by atoms with E-state index >= 15 is 0 Å². The third-order valence-electron chi connectivity index (χ3n) is 2.78. The summed E-state index contributed by atoms with van der Waals surface area (Å²) in [5, 5.41) is 3.97. The van der Waals surface area contributed by atoms with Gasteiger partial charge in [-0.2, -0.15) is 0 Å². The van der Waals surface area contributed by atoms with Crippen molar-refractivity contribution in [1.29, 1.82) is 0 Å². The summed E-state index contributed by atoms with van der Waals surface area (Å²) in [5.74, 6) is 0.991. The van der Waals surface area contributed by atoms with E-state index in [4.69, 9.17) is 16.3 Å². The van der Waals surface area contributed by atoms with Crippen LogP contribution >= 0.6 is 11.6 Å². The van der Waals surface area contributed by atoms with Crippen LogP contribution in [0.4, 0.5) is 5.82 Å². The van der Waals surface area contributed by atoms with Crippen molar-refractivity contribution in [3.8, 4) is 0 Å². The maximum Gasteiger partial charge on any atom is 0.129 e. The Labute approximate surface area is 107 Å². The quantitative estimate of drug-likeness (QED) is 0.888. The van der Waals surface area contributed by atoms with Crippen LogP contribution in [-0.4, -0.2) is 37.8 Å². The number of aromatic nitrogens is 1. The van der Waals surface area contributed by atoms with E-state index in [-0.39, 0.29) is 0 Å². The number of nitrogens with zero attached hydrogens (tertiary/aromatic N) is 2. The minimum atomic E-state index is 0.716. The van der Waals surface area contributed by atoms with E-state index in [0.717, 1.165) is 49.4 Å². The Balaban J connectivity index is 2.11. The largest absolute Gasteiger partial charge is 0.378 e. The normalized spacial score (nSPS) is 16.2. The van der Waals surface area contributed by atoms with Gasteiger partial charge in [-0.1, -0.05) is 18.5 Å². The molecule has 1 aromatic rings. The van der Waals surface area contributed by atoms with Crippen molar-refractivity contribution in [2.24, 2.45) is 0 Å². The number of rotatable bonds is 4. The van der Waals surface area contributed by atoms with Crippen LogP contribution in [0.25, 0.3) is 0 Å². The van der Waals surface area contributed by atoms with Gasteiger partial charge in [0, 0.05) is 19.6 Å². The summed E-state index contributed by atoms with van der Waals surface area (Å²) < 4.78 is 5.33. The zero-order valence-electron chi connectivity index (χ0n) is 10.1. The molecule has 1 aromatic heterocycles. The topological polar surface area (TPSA) is 37.4 Å². The Morgan fingerprint density at radius 2 is 2.18 bits per heavy atom. The number of nitrogens with one attached hydrogen (secondary N) is 1. The minimum Gasteiger partial charge on any atom is -0.378 e. The van der Waals surface area contributed by atoms with E-state index in [1.807, 2.05) is 12.1 Å². The lowest BCUT2D eigenvalue weighted by atomic mass is 10.3. The molecule has 94 valence electrons. The molecule has 5 heteroatoms. The molecule has 1 aliphatic rings. The summed E-state index contributed by atoms with van der Waals surface area (Å²) >= 11 is 6.13. The SMILES string of the molecule is CCNCc1nc(N2CCOCC2)ccc1Cl. The van der Waals surface area contributed by atoms with E-state index in [9.17, 15) is 0 Å². The highest BCUT2D eigenvalue weighted by molar-refractivity contribution is 6.31. The van der Waals surface area contributed by atoms with Gasteiger partial charge in [-0.25, -0.2) is 4.98 Å². The van der Waals surface area contributed by atoms with Crippen LogP contribution in [0.5, 0.6) is 0 Å². The van der Waals surface area contributed by atoms with Crippen molar-refractivity contribution < 1.29 is 4.74 Å². The highest BCUT2D eigenvalue weighted by atomic mass is 35.5. The predicted molar refractivity (Wildman–Crippen MR) is 69.7 cm³/mol. The highest BCUT2D eigenvalue weighted by Gasteiger charge is 2.13. The first kappa shape index (κ1) is 12.6. The molecular formula is C12H18ClN3O. The van der Waals surface area contributed by atoms with Gasteiger partial charge in [0.25, 0.3) is 0 Å².